The first kappa shape index (κ1) is 15.8. The topological polar surface area (TPSA) is 43.1 Å². The highest BCUT2D eigenvalue weighted by molar-refractivity contribution is 5.81. The van der Waals surface area contributed by atoms with E-state index in [4.69, 9.17) is 5.73 Å². The lowest BCUT2D eigenvalue weighted by Crippen LogP contribution is -2.54. The van der Waals surface area contributed by atoms with Crippen LogP contribution >= 0.6 is 0 Å². The number of allylic oxidation sites excluding steroid dienone is 4. The highest BCUT2D eigenvalue weighted by Gasteiger charge is 2.56. The van der Waals surface area contributed by atoms with Gasteiger partial charge in [-0.05, 0) is 60.8 Å². The van der Waals surface area contributed by atoms with E-state index in [9.17, 15) is 4.79 Å². The highest BCUT2D eigenvalue weighted by atomic mass is 16.1. The minimum absolute atomic E-state index is 0.0884. The van der Waals surface area contributed by atoms with E-state index in [1.807, 2.05) is 0 Å². The second-order valence-electron chi connectivity index (χ2n) is 8.60. The zero-order valence-electron chi connectivity index (χ0n) is 14.6. The van der Waals surface area contributed by atoms with E-state index in [1.54, 1.807) is 11.1 Å². The van der Waals surface area contributed by atoms with Crippen molar-refractivity contribution in [2.45, 2.75) is 66.2 Å². The molecule has 0 bridgehead atoms. The smallest absolute Gasteiger partial charge is 0.223 e. The van der Waals surface area contributed by atoms with E-state index >= 15 is 0 Å². The summed E-state index contributed by atoms with van der Waals surface area (Å²) in [6.45, 7) is 9.15. The molecule has 1 saturated carbocycles. The lowest BCUT2D eigenvalue weighted by molar-refractivity contribution is -0.140. The fraction of sp³-hybridized carbons (Fsp3) is 0.750. The van der Waals surface area contributed by atoms with Gasteiger partial charge in [-0.15, -0.1) is 0 Å². The summed E-state index contributed by atoms with van der Waals surface area (Å²) in [6, 6.07) is 0. The van der Waals surface area contributed by atoms with Gasteiger partial charge in [-0.1, -0.05) is 51.8 Å². The predicted molar refractivity (Wildman–Crippen MR) is 91.1 cm³/mol. The molecule has 0 aromatic heterocycles. The molecule has 3 aliphatic rings. The SMILES string of the molecule is CC(C)C1=CC2=CCC3[C@](C)(CCC[C@@]3(C)C(N)=O)C2CC1. The largest absolute Gasteiger partial charge is 0.369 e. The van der Waals surface area contributed by atoms with Crippen LogP contribution in [-0.4, -0.2) is 5.91 Å². The van der Waals surface area contributed by atoms with E-state index < -0.39 is 0 Å². The Morgan fingerprint density at radius 1 is 1.32 bits per heavy atom. The fourth-order valence-corrected chi connectivity index (χ4v) is 5.64. The van der Waals surface area contributed by atoms with Crippen molar-refractivity contribution >= 4 is 5.91 Å². The molecule has 0 aromatic carbocycles. The summed E-state index contributed by atoms with van der Waals surface area (Å²) in [5, 5.41) is 0. The van der Waals surface area contributed by atoms with Crippen molar-refractivity contribution < 1.29 is 4.79 Å². The monoisotopic (exact) mass is 301 g/mol. The molecule has 0 aliphatic heterocycles. The number of nitrogens with two attached hydrogens (primary N) is 1. The summed E-state index contributed by atoms with van der Waals surface area (Å²) in [5.74, 6) is 1.59. The molecule has 0 radical (unpaired) electrons. The second kappa shape index (κ2) is 5.25. The Balaban J connectivity index is 2.00. The molecule has 0 aromatic rings. The van der Waals surface area contributed by atoms with Gasteiger partial charge in [0.25, 0.3) is 0 Å². The van der Waals surface area contributed by atoms with Crippen LogP contribution in [0.1, 0.15) is 66.2 Å². The third-order valence-electron chi connectivity index (χ3n) is 7.14. The molecule has 0 heterocycles. The predicted octanol–water partition coefficient (Wildman–Crippen LogP) is 4.61. The van der Waals surface area contributed by atoms with E-state index in [0.29, 0.717) is 17.8 Å². The molecular formula is C20H31NO. The molecule has 2 nitrogen and oxygen atoms in total. The van der Waals surface area contributed by atoms with Crippen LogP contribution in [0.3, 0.4) is 0 Å². The Bertz CT molecular complexity index is 544. The van der Waals surface area contributed by atoms with E-state index in [2.05, 4.69) is 39.8 Å². The quantitative estimate of drug-likeness (QED) is 0.795. The summed E-state index contributed by atoms with van der Waals surface area (Å²) in [5.41, 5.74) is 8.88. The molecule has 3 aliphatic carbocycles. The molecule has 1 fully saturated rings. The first-order valence-corrected chi connectivity index (χ1v) is 8.99. The number of hydrogen-bond acceptors (Lipinski definition) is 1. The van der Waals surface area contributed by atoms with Gasteiger partial charge in [-0.25, -0.2) is 0 Å². The maximum Gasteiger partial charge on any atom is 0.223 e. The summed E-state index contributed by atoms with van der Waals surface area (Å²) in [4.78, 5) is 12.2. The Morgan fingerprint density at radius 3 is 2.68 bits per heavy atom. The van der Waals surface area contributed by atoms with Crippen molar-refractivity contribution in [1.82, 2.24) is 0 Å². The third kappa shape index (κ3) is 2.18. The summed E-state index contributed by atoms with van der Waals surface area (Å²) >= 11 is 0. The van der Waals surface area contributed by atoms with Gasteiger partial charge in [0, 0.05) is 5.41 Å². The Kier molecular flexibility index (Phi) is 3.78. The molecule has 2 unspecified atom stereocenters. The standard InChI is InChI=1S/C20H31NO/c1-13(2)14-6-8-16-15(12-14)7-9-17-19(16,3)10-5-11-20(17,4)18(21)22/h7,12-13,16-17H,5-6,8-11H2,1-4H3,(H2,21,22)/t16?,17?,19-,20-/m1/s1. The van der Waals surface area contributed by atoms with Crippen molar-refractivity contribution in [2.75, 3.05) is 0 Å². The van der Waals surface area contributed by atoms with Crippen molar-refractivity contribution in [3.63, 3.8) is 0 Å². The van der Waals surface area contributed by atoms with Crippen LogP contribution in [0.4, 0.5) is 0 Å². The Morgan fingerprint density at radius 2 is 2.05 bits per heavy atom. The van der Waals surface area contributed by atoms with Crippen LogP contribution in [0.5, 0.6) is 0 Å². The molecule has 3 rings (SSSR count). The van der Waals surface area contributed by atoms with Crippen molar-refractivity contribution in [2.24, 2.45) is 34.3 Å². The van der Waals surface area contributed by atoms with E-state index in [-0.39, 0.29) is 16.7 Å². The molecule has 1 amide bonds. The number of hydrogen-bond donors (Lipinski definition) is 1. The van der Waals surface area contributed by atoms with Crippen molar-refractivity contribution in [1.29, 1.82) is 0 Å². The van der Waals surface area contributed by atoms with Crippen LogP contribution in [0, 0.1) is 28.6 Å². The van der Waals surface area contributed by atoms with Gasteiger partial charge in [0.05, 0.1) is 0 Å². The van der Waals surface area contributed by atoms with Crippen molar-refractivity contribution in [3.05, 3.63) is 23.3 Å². The number of amides is 1. The fourth-order valence-electron chi connectivity index (χ4n) is 5.64. The van der Waals surface area contributed by atoms with Crippen LogP contribution in [0.15, 0.2) is 23.3 Å². The van der Waals surface area contributed by atoms with Gasteiger partial charge >= 0.3 is 0 Å². The lowest BCUT2D eigenvalue weighted by Gasteiger charge is -2.57. The summed E-state index contributed by atoms with van der Waals surface area (Å²) in [6.07, 6.45) is 11.7. The third-order valence-corrected chi connectivity index (χ3v) is 7.14. The lowest BCUT2D eigenvalue weighted by atomic mass is 9.46. The number of rotatable bonds is 2. The molecule has 0 spiro atoms. The zero-order chi connectivity index (χ0) is 16.1. The molecule has 122 valence electrons. The second-order valence-corrected chi connectivity index (χ2v) is 8.60. The molecule has 4 atom stereocenters. The zero-order valence-corrected chi connectivity index (χ0v) is 14.6. The van der Waals surface area contributed by atoms with Crippen LogP contribution in [0.2, 0.25) is 0 Å². The van der Waals surface area contributed by atoms with Crippen molar-refractivity contribution in [3.8, 4) is 0 Å². The molecule has 2 heteroatoms. The molecule has 2 N–H and O–H groups in total. The number of carbonyl (C=O) groups is 1. The van der Waals surface area contributed by atoms with Gasteiger partial charge in [-0.3, -0.25) is 4.79 Å². The molecular weight excluding hydrogens is 270 g/mol. The number of fused-ring (bicyclic) bond motifs is 3. The first-order valence-electron chi connectivity index (χ1n) is 8.99. The van der Waals surface area contributed by atoms with Gasteiger partial charge < -0.3 is 5.73 Å². The van der Waals surface area contributed by atoms with Crippen LogP contribution < -0.4 is 5.73 Å². The van der Waals surface area contributed by atoms with Gasteiger partial charge in [0.1, 0.15) is 0 Å². The first-order chi connectivity index (χ1) is 10.3. The number of primary amides is 1. The average Bonchev–Trinajstić information content (AvgIpc) is 2.46. The maximum absolute atomic E-state index is 12.2. The minimum atomic E-state index is -0.322. The minimum Gasteiger partial charge on any atom is -0.369 e. The van der Waals surface area contributed by atoms with E-state index in [1.165, 1.54) is 19.3 Å². The van der Waals surface area contributed by atoms with Crippen LogP contribution in [-0.2, 0) is 4.79 Å². The Labute approximate surface area is 135 Å². The summed E-state index contributed by atoms with van der Waals surface area (Å²) < 4.78 is 0. The molecule has 0 saturated heterocycles. The average molecular weight is 301 g/mol. The maximum atomic E-state index is 12.2. The van der Waals surface area contributed by atoms with Crippen LogP contribution in [0.25, 0.3) is 0 Å². The van der Waals surface area contributed by atoms with Gasteiger partial charge in [0.15, 0.2) is 0 Å². The van der Waals surface area contributed by atoms with E-state index in [0.717, 1.165) is 19.3 Å². The number of carbonyl (C=O) groups excluding carboxylic acids is 1. The highest BCUT2D eigenvalue weighted by Crippen LogP contribution is 2.61. The summed E-state index contributed by atoms with van der Waals surface area (Å²) in [7, 11) is 0. The molecule has 22 heavy (non-hydrogen) atoms. The van der Waals surface area contributed by atoms with Gasteiger partial charge in [-0.2, -0.15) is 0 Å². The normalized spacial score (nSPS) is 41.3. The Hall–Kier alpha value is -1.05. The van der Waals surface area contributed by atoms with Gasteiger partial charge in [0.2, 0.25) is 5.91 Å².